The predicted molar refractivity (Wildman–Crippen MR) is 79.1 cm³/mol. The van der Waals surface area contributed by atoms with Crippen LogP contribution in [-0.2, 0) is 9.53 Å². The Balaban J connectivity index is 1.89. The van der Waals surface area contributed by atoms with Crippen molar-refractivity contribution in [1.82, 2.24) is 9.97 Å². The highest BCUT2D eigenvalue weighted by Crippen LogP contribution is 2.60. The maximum Gasteiger partial charge on any atom is 0.310 e. The van der Waals surface area contributed by atoms with Crippen LogP contribution in [0.5, 0.6) is 0 Å². The number of halogens is 1. The van der Waals surface area contributed by atoms with Crippen molar-refractivity contribution in [3.63, 3.8) is 0 Å². The molecule has 1 aromatic carbocycles. The zero-order chi connectivity index (χ0) is 14.8. The fourth-order valence-corrected chi connectivity index (χ4v) is 2.94. The van der Waals surface area contributed by atoms with Gasteiger partial charge in [-0.2, -0.15) is 0 Å². The average molecular weight is 303 g/mol. The molecular formula is C16H15ClN2O2. The fourth-order valence-electron chi connectivity index (χ4n) is 2.84. The van der Waals surface area contributed by atoms with E-state index in [-0.39, 0.29) is 29.0 Å². The van der Waals surface area contributed by atoms with Crippen LogP contribution >= 0.6 is 11.6 Å². The van der Waals surface area contributed by atoms with Gasteiger partial charge in [-0.1, -0.05) is 30.3 Å². The van der Waals surface area contributed by atoms with E-state index in [1.807, 2.05) is 37.3 Å². The molecular weight excluding hydrogens is 288 g/mol. The van der Waals surface area contributed by atoms with E-state index in [0.29, 0.717) is 6.61 Å². The van der Waals surface area contributed by atoms with Gasteiger partial charge in [0.05, 0.1) is 12.5 Å². The first kappa shape index (κ1) is 14.0. The summed E-state index contributed by atoms with van der Waals surface area (Å²) in [7, 11) is 0. The van der Waals surface area contributed by atoms with Gasteiger partial charge >= 0.3 is 5.97 Å². The van der Waals surface area contributed by atoms with Gasteiger partial charge in [-0.15, -0.1) is 0 Å². The van der Waals surface area contributed by atoms with Crippen LogP contribution in [0, 0.1) is 5.92 Å². The number of hydrogen-bond acceptors (Lipinski definition) is 4. The van der Waals surface area contributed by atoms with Crippen LogP contribution in [-0.4, -0.2) is 22.5 Å². The van der Waals surface area contributed by atoms with Crippen LogP contribution < -0.4 is 0 Å². The van der Waals surface area contributed by atoms with Crippen LogP contribution in [0.4, 0.5) is 0 Å². The molecule has 1 aliphatic rings. The van der Waals surface area contributed by atoms with Gasteiger partial charge < -0.3 is 4.74 Å². The molecule has 2 aromatic rings. The standard InChI is InChI=1S/C16H15ClN2O2/c1-2-21-15(20)14-12(10-6-4-3-5-7-10)13(14)11-8-18-16(17)19-9-11/h3-9,12-14H,2H2,1H3. The van der Waals surface area contributed by atoms with Crippen LogP contribution in [0.2, 0.25) is 5.28 Å². The van der Waals surface area contributed by atoms with Crippen LogP contribution in [0.3, 0.4) is 0 Å². The molecule has 1 heterocycles. The molecule has 0 amide bonds. The van der Waals surface area contributed by atoms with Gasteiger partial charge in [0, 0.05) is 24.2 Å². The summed E-state index contributed by atoms with van der Waals surface area (Å²) in [6.07, 6.45) is 3.38. The summed E-state index contributed by atoms with van der Waals surface area (Å²) in [5, 5.41) is 0.211. The number of carbonyl (C=O) groups is 1. The van der Waals surface area contributed by atoms with E-state index in [9.17, 15) is 4.79 Å². The molecule has 108 valence electrons. The molecule has 1 aromatic heterocycles. The van der Waals surface area contributed by atoms with E-state index in [1.54, 1.807) is 12.4 Å². The highest BCUT2D eigenvalue weighted by Gasteiger charge is 2.57. The summed E-state index contributed by atoms with van der Waals surface area (Å²) in [5.74, 6) is -0.151. The summed E-state index contributed by atoms with van der Waals surface area (Å²) in [4.78, 5) is 20.2. The van der Waals surface area contributed by atoms with Gasteiger partial charge in [-0.25, -0.2) is 9.97 Å². The van der Waals surface area contributed by atoms with Crippen LogP contribution in [0.15, 0.2) is 42.7 Å². The lowest BCUT2D eigenvalue weighted by atomic mass is 10.1. The summed E-state index contributed by atoms with van der Waals surface area (Å²) in [6, 6.07) is 9.99. The number of ether oxygens (including phenoxy) is 1. The van der Waals surface area contributed by atoms with E-state index in [1.165, 1.54) is 0 Å². The Morgan fingerprint density at radius 2 is 1.76 bits per heavy atom. The lowest BCUT2D eigenvalue weighted by Gasteiger charge is -2.00. The first-order valence-electron chi connectivity index (χ1n) is 6.91. The molecule has 4 nitrogen and oxygen atoms in total. The molecule has 0 spiro atoms. The van der Waals surface area contributed by atoms with Gasteiger partial charge in [0.1, 0.15) is 0 Å². The second-order valence-electron chi connectivity index (χ2n) is 5.03. The van der Waals surface area contributed by atoms with Crippen molar-refractivity contribution >= 4 is 17.6 Å². The van der Waals surface area contributed by atoms with Crippen molar-refractivity contribution in [3.8, 4) is 0 Å². The number of nitrogens with zero attached hydrogens (tertiary/aromatic N) is 2. The molecule has 5 heteroatoms. The smallest absolute Gasteiger partial charge is 0.310 e. The molecule has 0 N–H and O–H groups in total. The molecule has 3 unspecified atom stereocenters. The lowest BCUT2D eigenvalue weighted by Crippen LogP contribution is -2.08. The molecule has 1 saturated carbocycles. The van der Waals surface area contributed by atoms with Crippen molar-refractivity contribution < 1.29 is 9.53 Å². The quantitative estimate of drug-likeness (QED) is 0.643. The average Bonchev–Trinajstić information content (AvgIpc) is 3.25. The van der Waals surface area contributed by atoms with E-state index in [2.05, 4.69) is 9.97 Å². The molecule has 0 aliphatic heterocycles. The molecule has 1 aliphatic carbocycles. The van der Waals surface area contributed by atoms with Crippen molar-refractivity contribution in [2.75, 3.05) is 6.61 Å². The van der Waals surface area contributed by atoms with E-state index in [0.717, 1.165) is 11.1 Å². The van der Waals surface area contributed by atoms with E-state index >= 15 is 0 Å². The number of aromatic nitrogens is 2. The third kappa shape index (κ3) is 2.76. The van der Waals surface area contributed by atoms with Gasteiger partial charge in [0.25, 0.3) is 0 Å². The van der Waals surface area contributed by atoms with Crippen molar-refractivity contribution in [3.05, 3.63) is 59.1 Å². The van der Waals surface area contributed by atoms with Crippen molar-refractivity contribution in [2.45, 2.75) is 18.8 Å². The number of carbonyl (C=O) groups excluding carboxylic acids is 1. The third-order valence-corrected chi connectivity index (χ3v) is 3.98. The highest BCUT2D eigenvalue weighted by molar-refractivity contribution is 6.28. The van der Waals surface area contributed by atoms with E-state index in [4.69, 9.17) is 16.3 Å². The molecule has 1 fully saturated rings. The third-order valence-electron chi connectivity index (χ3n) is 3.79. The van der Waals surface area contributed by atoms with Crippen molar-refractivity contribution in [1.29, 1.82) is 0 Å². The zero-order valence-electron chi connectivity index (χ0n) is 11.6. The van der Waals surface area contributed by atoms with Crippen molar-refractivity contribution in [2.24, 2.45) is 5.92 Å². The molecule has 0 saturated heterocycles. The zero-order valence-corrected chi connectivity index (χ0v) is 12.3. The Labute approximate surface area is 128 Å². The number of benzene rings is 1. The lowest BCUT2D eigenvalue weighted by molar-refractivity contribution is -0.144. The molecule has 0 bridgehead atoms. The monoisotopic (exact) mass is 302 g/mol. The Morgan fingerprint density at radius 1 is 1.14 bits per heavy atom. The van der Waals surface area contributed by atoms with Gasteiger partial charge in [0.15, 0.2) is 0 Å². The number of rotatable bonds is 4. The maximum absolute atomic E-state index is 12.2. The summed E-state index contributed by atoms with van der Waals surface area (Å²) in [5.41, 5.74) is 2.06. The summed E-state index contributed by atoms with van der Waals surface area (Å²) < 4.78 is 5.19. The molecule has 3 atom stereocenters. The summed E-state index contributed by atoms with van der Waals surface area (Å²) in [6.45, 7) is 2.21. The van der Waals surface area contributed by atoms with Gasteiger partial charge in [-0.05, 0) is 29.7 Å². The van der Waals surface area contributed by atoms with Crippen LogP contribution in [0.25, 0.3) is 0 Å². The Bertz CT molecular complexity index is 630. The second kappa shape index (κ2) is 5.82. The highest BCUT2D eigenvalue weighted by atomic mass is 35.5. The topological polar surface area (TPSA) is 52.1 Å². The molecule has 21 heavy (non-hydrogen) atoms. The predicted octanol–water partition coefficient (Wildman–Crippen LogP) is 3.19. The second-order valence-corrected chi connectivity index (χ2v) is 5.36. The number of esters is 1. The Morgan fingerprint density at radius 3 is 2.38 bits per heavy atom. The van der Waals surface area contributed by atoms with Crippen LogP contribution in [0.1, 0.15) is 29.9 Å². The minimum Gasteiger partial charge on any atom is -0.466 e. The van der Waals surface area contributed by atoms with Gasteiger partial charge in [-0.3, -0.25) is 4.79 Å². The minimum absolute atomic E-state index is 0.0590. The first-order valence-corrected chi connectivity index (χ1v) is 7.29. The molecule has 3 rings (SSSR count). The Hall–Kier alpha value is -1.94. The largest absolute Gasteiger partial charge is 0.466 e. The van der Waals surface area contributed by atoms with E-state index < -0.39 is 0 Å². The number of hydrogen-bond donors (Lipinski definition) is 0. The minimum atomic E-state index is -0.169. The SMILES string of the molecule is CCOC(=O)C1C(c2ccccc2)C1c1cnc(Cl)nc1. The normalized spacial score (nSPS) is 23.6. The summed E-state index contributed by atoms with van der Waals surface area (Å²) >= 11 is 5.72. The Kier molecular flexibility index (Phi) is 3.88. The fraction of sp³-hybridized carbons (Fsp3) is 0.312. The molecule has 0 radical (unpaired) electrons. The first-order chi connectivity index (χ1) is 10.2. The van der Waals surface area contributed by atoms with Gasteiger partial charge in [0.2, 0.25) is 5.28 Å². The maximum atomic E-state index is 12.2.